The Labute approximate surface area is 114 Å². The molecule has 2 rings (SSSR count). The quantitative estimate of drug-likeness (QED) is 0.649. The molecule has 1 aliphatic heterocycles. The van der Waals surface area contributed by atoms with E-state index in [-0.39, 0.29) is 6.61 Å². The first-order chi connectivity index (χ1) is 9.19. The predicted molar refractivity (Wildman–Crippen MR) is 75.8 cm³/mol. The van der Waals surface area contributed by atoms with Gasteiger partial charge in [-0.25, -0.2) is 0 Å². The van der Waals surface area contributed by atoms with E-state index in [2.05, 4.69) is 9.80 Å². The SMILES string of the molecule is Nc1ccc(C(O)CN2CCN(CCO)CC2)cc1. The van der Waals surface area contributed by atoms with Gasteiger partial charge in [0, 0.05) is 45.0 Å². The van der Waals surface area contributed by atoms with Crippen molar-refractivity contribution in [1.82, 2.24) is 9.80 Å². The Kier molecular flexibility index (Phi) is 5.15. The van der Waals surface area contributed by atoms with Crippen LogP contribution in [0.1, 0.15) is 11.7 Å². The molecule has 1 saturated heterocycles. The lowest BCUT2D eigenvalue weighted by Crippen LogP contribution is -2.48. The first-order valence-corrected chi connectivity index (χ1v) is 6.78. The second-order valence-electron chi connectivity index (χ2n) is 5.05. The van der Waals surface area contributed by atoms with Crippen LogP contribution in [0.15, 0.2) is 24.3 Å². The maximum atomic E-state index is 10.2. The number of nitrogen functional groups attached to an aromatic ring is 1. The third-order valence-corrected chi connectivity index (χ3v) is 3.63. The number of hydrogen-bond acceptors (Lipinski definition) is 5. The number of β-amino-alcohol motifs (C(OH)–C–C–N with tert-alkyl or cyclic N) is 2. The van der Waals surface area contributed by atoms with Gasteiger partial charge in [0.2, 0.25) is 0 Å². The largest absolute Gasteiger partial charge is 0.399 e. The van der Waals surface area contributed by atoms with E-state index in [4.69, 9.17) is 10.8 Å². The number of nitrogens with zero attached hydrogens (tertiary/aromatic N) is 2. The number of hydrogen-bond donors (Lipinski definition) is 3. The molecule has 0 spiro atoms. The number of rotatable bonds is 5. The molecular formula is C14H23N3O2. The maximum absolute atomic E-state index is 10.2. The molecule has 5 heteroatoms. The first-order valence-electron chi connectivity index (χ1n) is 6.78. The zero-order valence-corrected chi connectivity index (χ0v) is 11.2. The van der Waals surface area contributed by atoms with Crippen molar-refractivity contribution in [3.05, 3.63) is 29.8 Å². The second kappa shape index (κ2) is 6.86. The monoisotopic (exact) mass is 265 g/mol. The van der Waals surface area contributed by atoms with Crippen molar-refractivity contribution in [2.75, 3.05) is 51.6 Å². The van der Waals surface area contributed by atoms with Crippen LogP contribution in [0.3, 0.4) is 0 Å². The van der Waals surface area contributed by atoms with Gasteiger partial charge in [0.25, 0.3) is 0 Å². The average molecular weight is 265 g/mol. The summed E-state index contributed by atoms with van der Waals surface area (Å²) in [5.74, 6) is 0. The summed E-state index contributed by atoms with van der Waals surface area (Å²) in [6.07, 6.45) is -0.468. The van der Waals surface area contributed by atoms with E-state index < -0.39 is 6.10 Å². The van der Waals surface area contributed by atoms with Crippen LogP contribution in [0.2, 0.25) is 0 Å². The Hall–Kier alpha value is -1.14. The maximum Gasteiger partial charge on any atom is 0.0916 e. The molecule has 0 bridgehead atoms. The lowest BCUT2D eigenvalue weighted by Gasteiger charge is -2.35. The molecule has 0 aromatic heterocycles. The van der Waals surface area contributed by atoms with E-state index in [0.717, 1.165) is 38.3 Å². The summed E-state index contributed by atoms with van der Waals surface area (Å²) < 4.78 is 0. The van der Waals surface area contributed by atoms with Gasteiger partial charge in [0.1, 0.15) is 0 Å². The summed E-state index contributed by atoms with van der Waals surface area (Å²) >= 11 is 0. The number of benzene rings is 1. The highest BCUT2D eigenvalue weighted by Gasteiger charge is 2.19. The molecule has 1 aromatic rings. The molecule has 1 atom stereocenters. The van der Waals surface area contributed by atoms with E-state index in [1.165, 1.54) is 0 Å². The number of aliphatic hydroxyl groups is 2. The van der Waals surface area contributed by atoms with Gasteiger partial charge in [0.15, 0.2) is 0 Å². The van der Waals surface area contributed by atoms with Crippen molar-refractivity contribution in [2.45, 2.75) is 6.10 Å². The highest BCUT2D eigenvalue weighted by atomic mass is 16.3. The smallest absolute Gasteiger partial charge is 0.0916 e. The molecule has 19 heavy (non-hydrogen) atoms. The number of aliphatic hydroxyl groups excluding tert-OH is 2. The van der Waals surface area contributed by atoms with Crippen LogP contribution >= 0.6 is 0 Å². The summed E-state index contributed by atoms with van der Waals surface area (Å²) in [6, 6.07) is 7.39. The van der Waals surface area contributed by atoms with Crippen molar-refractivity contribution in [3.63, 3.8) is 0 Å². The molecule has 0 saturated carbocycles. The van der Waals surface area contributed by atoms with E-state index in [1.807, 2.05) is 24.3 Å². The summed E-state index contributed by atoms with van der Waals surface area (Å²) in [6.45, 7) is 5.39. The van der Waals surface area contributed by atoms with E-state index >= 15 is 0 Å². The zero-order valence-electron chi connectivity index (χ0n) is 11.2. The van der Waals surface area contributed by atoms with Crippen LogP contribution in [0.4, 0.5) is 5.69 Å². The third kappa shape index (κ3) is 4.18. The molecule has 5 nitrogen and oxygen atoms in total. The molecule has 0 radical (unpaired) electrons. The van der Waals surface area contributed by atoms with Crippen LogP contribution in [0, 0.1) is 0 Å². The van der Waals surface area contributed by atoms with Gasteiger partial charge in [-0.15, -0.1) is 0 Å². The van der Waals surface area contributed by atoms with Gasteiger partial charge in [0.05, 0.1) is 12.7 Å². The molecule has 1 heterocycles. The van der Waals surface area contributed by atoms with Crippen molar-refractivity contribution in [1.29, 1.82) is 0 Å². The fourth-order valence-corrected chi connectivity index (χ4v) is 2.41. The molecular weight excluding hydrogens is 242 g/mol. The molecule has 1 unspecified atom stereocenters. The minimum Gasteiger partial charge on any atom is -0.399 e. The summed E-state index contributed by atoms with van der Waals surface area (Å²) in [7, 11) is 0. The molecule has 0 amide bonds. The average Bonchev–Trinajstić information content (AvgIpc) is 2.42. The van der Waals surface area contributed by atoms with Crippen LogP contribution in [0.5, 0.6) is 0 Å². The van der Waals surface area contributed by atoms with Crippen LogP contribution < -0.4 is 5.73 Å². The summed E-state index contributed by atoms with van der Waals surface area (Å²) in [5, 5.41) is 19.1. The molecule has 4 N–H and O–H groups in total. The van der Waals surface area contributed by atoms with Gasteiger partial charge in [-0.3, -0.25) is 9.80 Å². The van der Waals surface area contributed by atoms with Crippen molar-refractivity contribution < 1.29 is 10.2 Å². The Morgan fingerprint density at radius 1 is 1.05 bits per heavy atom. The standard InChI is InChI=1S/C14H23N3O2/c15-13-3-1-12(2-4-13)14(19)11-17-7-5-16(6-8-17)9-10-18/h1-4,14,18-19H,5-11,15H2. The van der Waals surface area contributed by atoms with Crippen molar-refractivity contribution >= 4 is 5.69 Å². The first kappa shape index (κ1) is 14.3. The minimum absolute atomic E-state index is 0.216. The highest BCUT2D eigenvalue weighted by Crippen LogP contribution is 2.16. The van der Waals surface area contributed by atoms with Crippen LogP contribution in [0.25, 0.3) is 0 Å². The van der Waals surface area contributed by atoms with Gasteiger partial charge < -0.3 is 15.9 Å². The number of anilines is 1. The normalized spacial score (nSPS) is 19.5. The number of nitrogens with two attached hydrogens (primary N) is 1. The molecule has 1 aromatic carbocycles. The lowest BCUT2D eigenvalue weighted by molar-refractivity contribution is 0.0661. The van der Waals surface area contributed by atoms with E-state index in [9.17, 15) is 5.11 Å². The Balaban J connectivity index is 1.80. The minimum atomic E-state index is -0.468. The van der Waals surface area contributed by atoms with Gasteiger partial charge >= 0.3 is 0 Å². The molecule has 0 aliphatic carbocycles. The van der Waals surface area contributed by atoms with Crippen molar-refractivity contribution in [2.24, 2.45) is 0 Å². The Morgan fingerprint density at radius 3 is 2.21 bits per heavy atom. The Morgan fingerprint density at radius 2 is 1.63 bits per heavy atom. The highest BCUT2D eigenvalue weighted by molar-refractivity contribution is 5.39. The lowest BCUT2D eigenvalue weighted by atomic mass is 10.1. The fourth-order valence-electron chi connectivity index (χ4n) is 2.41. The summed E-state index contributed by atoms with van der Waals surface area (Å²) in [4.78, 5) is 4.50. The zero-order chi connectivity index (χ0) is 13.7. The third-order valence-electron chi connectivity index (χ3n) is 3.63. The summed E-state index contributed by atoms with van der Waals surface area (Å²) in [5.41, 5.74) is 7.26. The number of piperazine rings is 1. The van der Waals surface area contributed by atoms with Gasteiger partial charge in [-0.1, -0.05) is 12.1 Å². The second-order valence-corrected chi connectivity index (χ2v) is 5.05. The fraction of sp³-hybridized carbons (Fsp3) is 0.571. The molecule has 106 valence electrons. The van der Waals surface area contributed by atoms with Gasteiger partial charge in [-0.2, -0.15) is 0 Å². The van der Waals surface area contributed by atoms with Crippen LogP contribution in [-0.4, -0.2) is 65.9 Å². The molecule has 1 fully saturated rings. The molecule has 1 aliphatic rings. The topological polar surface area (TPSA) is 73.0 Å². The van der Waals surface area contributed by atoms with Crippen molar-refractivity contribution in [3.8, 4) is 0 Å². The van der Waals surface area contributed by atoms with E-state index in [1.54, 1.807) is 0 Å². The Bertz CT molecular complexity index is 375. The predicted octanol–water partition coefficient (Wildman–Crippen LogP) is -0.0879. The van der Waals surface area contributed by atoms with E-state index in [0.29, 0.717) is 12.2 Å². The van der Waals surface area contributed by atoms with Crippen LogP contribution in [-0.2, 0) is 0 Å². The van der Waals surface area contributed by atoms with Gasteiger partial charge in [-0.05, 0) is 17.7 Å².